The molecule has 0 aromatic heterocycles. The molecular formula is C11H18. The molecule has 0 spiro atoms. The molecule has 0 aromatic carbocycles. The summed E-state index contributed by atoms with van der Waals surface area (Å²) in [5, 5.41) is 0. The molecule has 0 saturated heterocycles. The van der Waals surface area contributed by atoms with Gasteiger partial charge in [0.05, 0.1) is 0 Å². The van der Waals surface area contributed by atoms with E-state index < -0.39 is 0 Å². The van der Waals surface area contributed by atoms with Gasteiger partial charge in [-0.3, -0.25) is 0 Å². The quantitative estimate of drug-likeness (QED) is 0.526. The Hall–Kier alpha value is -0.520. The summed E-state index contributed by atoms with van der Waals surface area (Å²) in [7, 11) is 0. The van der Waals surface area contributed by atoms with Crippen LogP contribution in [-0.4, -0.2) is 0 Å². The smallest absolute Gasteiger partial charge is 0.0133 e. The average molecular weight is 150 g/mol. The summed E-state index contributed by atoms with van der Waals surface area (Å²) in [6, 6.07) is 0. The van der Waals surface area contributed by atoms with E-state index in [0.717, 1.165) is 5.92 Å². The van der Waals surface area contributed by atoms with Crippen molar-refractivity contribution >= 4 is 0 Å². The monoisotopic (exact) mass is 150 g/mol. The van der Waals surface area contributed by atoms with E-state index in [1.165, 1.54) is 19.3 Å². The zero-order valence-corrected chi connectivity index (χ0v) is 7.85. The molecule has 0 atom stereocenters. The van der Waals surface area contributed by atoms with Crippen LogP contribution < -0.4 is 0 Å². The highest BCUT2D eigenvalue weighted by Crippen LogP contribution is 2.24. The van der Waals surface area contributed by atoms with Gasteiger partial charge in [-0.25, -0.2) is 0 Å². The molecule has 0 aliphatic heterocycles. The molecule has 1 rings (SSSR count). The SMILES string of the molecule is CCC1=CCC(C(C)C)=CC1. The van der Waals surface area contributed by atoms with Crippen LogP contribution in [0.5, 0.6) is 0 Å². The maximum absolute atomic E-state index is 2.41. The van der Waals surface area contributed by atoms with Crippen molar-refractivity contribution in [3.63, 3.8) is 0 Å². The van der Waals surface area contributed by atoms with E-state index >= 15 is 0 Å². The maximum Gasteiger partial charge on any atom is -0.0133 e. The fraction of sp³-hybridized carbons (Fsp3) is 0.636. The average Bonchev–Trinajstić information content (AvgIpc) is 2.05. The summed E-state index contributed by atoms with van der Waals surface area (Å²) >= 11 is 0. The molecule has 1 aliphatic carbocycles. The maximum atomic E-state index is 2.41. The van der Waals surface area contributed by atoms with E-state index in [-0.39, 0.29) is 0 Å². The first kappa shape index (κ1) is 8.58. The van der Waals surface area contributed by atoms with Gasteiger partial charge in [-0.15, -0.1) is 0 Å². The van der Waals surface area contributed by atoms with Gasteiger partial charge in [0.25, 0.3) is 0 Å². The molecule has 0 aromatic rings. The molecule has 0 radical (unpaired) electrons. The van der Waals surface area contributed by atoms with Gasteiger partial charge in [-0.05, 0) is 25.2 Å². The summed E-state index contributed by atoms with van der Waals surface area (Å²) < 4.78 is 0. The Kier molecular flexibility index (Phi) is 2.92. The Labute approximate surface area is 70.0 Å². The predicted molar refractivity (Wildman–Crippen MR) is 50.5 cm³/mol. The van der Waals surface area contributed by atoms with Crippen molar-refractivity contribution in [1.82, 2.24) is 0 Å². The largest absolute Gasteiger partial charge is 0.0810 e. The fourth-order valence-electron chi connectivity index (χ4n) is 1.45. The minimum absolute atomic E-state index is 0.740. The van der Waals surface area contributed by atoms with Gasteiger partial charge in [0.15, 0.2) is 0 Å². The van der Waals surface area contributed by atoms with Crippen LogP contribution in [0.15, 0.2) is 23.3 Å². The van der Waals surface area contributed by atoms with Gasteiger partial charge in [0, 0.05) is 0 Å². The van der Waals surface area contributed by atoms with Crippen molar-refractivity contribution in [2.45, 2.75) is 40.0 Å². The van der Waals surface area contributed by atoms with Gasteiger partial charge in [-0.2, -0.15) is 0 Å². The van der Waals surface area contributed by atoms with Crippen LogP contribution in [0.2, 0.25) is 0 Å². The molecule has 11 heavy (non-hydrogen) atoms. The van der Waals surface area contributed by atoms with E-state index in [0.29, 0.717) is 0 Å². The van der Waals surface area contributed by atoms with E-state index in [4.69, 9.17) is 0 Å². The lowest BCUT2D eigenvalue weighted by molar-refractivity contribution is 0.729. The molecule has 0 nitrogen and oxygen atoms in total. The standard InChI is InChI=1S/C11H18/c1-4-10-5-7-11(8-6-10)9(2)3/h5,8-9H,4,6-7H2,1-3H3. The Morgan fingerprint density at radius 1 is 1.27 bits per heavy atom. The molecule has 0 saturated carbocycles. The zero-order chi connectivity index (χ0) is 8.27. The fourth-order valence-corrected chi connectivity index (χ4v) is 1.45. The summed E-state index contributed by atoms with van der Waals surface area (Å²) in [6.07, 6.45) is 8.42. The summed E-state index contributed by atoms with van der Waals surface area (Å²) in [4.78, 5) is 0. The van der Waals surface area contributed by atoms with E-state index in [1.54, 1.807) is 11.1 Å². The third kappa shape index (κ3) is 2.21. The Bertz CT molecular complexity index is 182. The number of rotatable bonds is 2. The second kappa shape index (κ2) is 3.75. The minimum atomic E-state index is 0.740. The number of hydrogen-bond acceptors (Lipinski definition) is 0. The van der Waals surface area contributed by atoms with Gasteiger partial charge in [0.2, 0.25) is 0 Å². The van der Waals surface area contributed by atoms with E-state index in [9.17, 15) is 0 Å². The Morgan fingerprint density at radius 2 is 2.00 bits per heavy atom. The summed E-state index contributed by atoms with van der Waals surface area (Å²) in [5.74, 6) is 0.740. The van der Waals surface area contributed by atoms with Crippen molar-refractivity contribution in [2.24, 2.45) is 5.92 Å². The van der Waals surface area contributed by atoms with E-state index in [1.807, 2.05) is 0 Å². The van der Waals surface area contributed by atoms with Crippen LogP contribution in [0.25, 0.3) is 0 Å². The van der Waals surface area contributed by atoms with Crippen molar-refractivity contribution in [3.8, 4) is 0 Å². The molecule has 62 valence electrons. The molecule has 0 unspecified atom stereocenters. The highest BCUT2D eigenvalue weighted by Gasteiger charge is 2.06. The molecule has 0 N–H and O–H groups in total. The van der Waals surface area contributed by atoms with Gasteiger partial charge in [-0.1, -0.05) is 44.1 Å². The Morgan fingerprint density at radius 3 is 2.36 bits per heavy atom. The van der Waals surface area contributed by atoms with Gasteiger partial charge in [0.1, 0.15) is 0 Å². The third-order valence-electron chi connectivity index (χ3n) is 2.45. The second-order valence-corrected chi connectivity index (χ2v) is 3.56. The summed E-state index contributed by atoms with van der Waals surface area (Å²) in [6.45, 7) is 6.78. The third-order valence-corrected chi connectivity index (χ3v) is 2.45. The lowest BCUT2D eigenvalue weighted by Crippen LogP contribution is -1.98. The predicted octanol–water partition coefficient (Wildman–Crippen LogP) is 3.70. The van der Waals surface area contributed by atoms with Crippen LogP contribution in [0.4, 0.5) is 0 Å². The van der Waals surface area contributed by atoms with Gasteiger partial charge >= 0.3 is 0 Å². The minimum Gasteiger partial charge on any atom is -0.0810 e. The lowest BCUT2D eigenvalue weighted by Gasteiger charge is -2.15. The first-order valence-electron chi connectivity index (χ1n) is 4.60. The van der Waals surface area contributed by atoms with E-state index in [2.05, 4.69) is 32.9 Å². The molecule has 0 fully saturated rings. The highest BCUT2D eigenvalue weighted by atomic mass is 14.1. The molecule has 1 aliphatic rings. The van der Waals surface area contributed by atoms with Crippen LogP contribution in [0.3, 0.4) is 0 Å². The van der Waals surface area contributed by atoms with Gasteiger partial charge < -0.3 is 0 Å². The van der Waals surface area contributed by atoms with Crippen molar-refractivity contribution < 1.29 is 0 Å². The topological polar surface area (TPSA) is 0 Å². The molecule has 0 heteroatoms. The first-order valence-corrected chi connectivity index (χ1v) is 4.60. The Balaban J connectivity index is 2.50. The first-order chi connectivity index (χ1) is 5.24. The lowest BCUT2D eigenvalue weighted by atomic mass is 9.91. The second-order valence-electron chi connectivity index (χ2n) is 3.56. The van der Waals surface area contributed by atoms with Crippen LogP contribution in [0.1, 0.15) is 40.0 Å². The molecule has 0 amide bonds. The van der Waals surface area contributed by atoms with Crippen molar-refractivity contribution in [3.05, 3.63) is 23.3 Å². The number of hydrogen-bond donors (Lipinski definition) is 0. The van der Waals surface area contributed by atoms with Crippen molar-refractivity contribution in [2.75, 3.05) is 0 Å². The van der Waals surface area contributed by atoms with Crippen LogP contribution in [0, 0.1) is 5.92 Å². The number of allylic oxidation sites excluding steroid dienone is 4. The normalized spacial score (nSPS) is 18.2. The molecule has 0 heterocycles. The van der Waals surface area contributed by atoms with Crippen molar-refractivity contribution in [1.29, 1.82) is 0 Å². The highest BCUT2D eigenvalue weighted by molar-refractivity contribution is 5.22. The molecule has 0 bridgehead atoms. The van der Waals surface area contributed by atoms with Crippen LogP contribution in [-0.2, 0) is 0 Å². The zero-order valence-electron chi connectivity index (χ0n) is 7.85. The molecular weight excluding hydrogens is 132 g/mol. The summed E-state index contributed by atoms with van der Waals surface area (Å²) in [5.41, 5.74) is 3.22. The van der Waals surface area contributed by atoms with Crippen LogP contribution >= 0.6 is 0 Å².